The standard InChI is InChI=1S/C23H35NO6/c1-29-23(28)17-9-7-5-3-2-4-6-8-15-21(25)24-19-13-10-11-14-20(19)30-18-12-16-22(26)27/h10-11,13-14H,2-9,12,15-18H2,1H3,(H,24,25)(H,26,27). The van der Waals surface area contributed by atoms with Gasteiger partial charge in [-0.1, -0.05) is 50.7 Å². The molecule has 7 heteroatoms. The summed E-state index contributed by atoms with van der Waals surface area (Å²) < 4.78 is 10.2. The van der Waals surface area contributed by atoms with Crippen LogP contribution in [0.5, 0.6) is 5.75 Å². The average Bonchev–Trinajstić information content (AvgIpc) is 2.73. The second-order valence-corrected chi connectivity index (χ2v) is 7.29. The number of carboxylic acids is 1. The number of carboxylic acid groups (broad SMARTS) is 1. The number of esters is 1. The quantitative estimate of drug-likeness (QED) is 0.273. The van der Waals surface area contributed by atoms with E-state index in [1.807, 2.05) is 12.1 Å². The molecule has 1 aromatic carbocycles. The monoisotopic (exact) mass is 421 g/mol. The number of rotatable bonds is 17. The van der Waals surface area contributed by atoms with Crippen LogP contribution < -0.4 is 10.1 Å². The molecular weight excluding hydrogens is 386 g/mol. The highest BCUT2D eigenvalue weighted by molar-refractivity contribution is 5.92. The Morgan fingerprint density at radius 2 is 1.43 bits per heavy atom. The van der Waals surface area contributed by atoms with Gasteiger partial charge in [0.15, 0.2) is 0 Å². The predicted octanol–water partition coefficient (Wildman–Crippen LogP) is 4.94. The van der Waals surface area contributed by atoms with Gasteiger partial charge in [-0.05, 0) is 31.4 Å². The molecule has 1 rings (SSSR count). The topological polar surface area (TPSA) is 102 Å². The minimum atomic E-state index is -0.848. The van der Waals surface area contributed by atoms with Gasteiger partial charge >= 0.3 is 11.9 Å². The molecule has 0 aliphatic carbocycles. The maximum absolute atomic E-state index is 12.2. The summed E-state index contributed by atoms with van der Waals surface area (Å²) >= 11 is 0. The van der Waals surface area contributed by atoms with Crippen LogP contribution in [0.3, 0.4) is 0 Å². The van der Waals surface area contributed by atoms with Crippen LogP contribution in [0.15, 0.2) is 24.3 Å². The van der Waals surface area contributed by atoms with Crippen molar-refractivity contribution in [2.75, 3.05) is 19.0 Å². The van der Waals surface area contributed by atoms with E-state index in [-0.39, 0.29) is 18.3 Å². The number of ether oxygens (including phenoxy) is 2. The number of carbonyl (C=O) groups excluding carboxylic acids is 2. The molecule has 0 saturated heterocycles. The highest BCUT2D eigenvalue weighted by Gasteiger charge is 2.08. The molecule has 0 bridgehead atoms. The third-order valence-corrected chi connectivity index (χ3v) is 4.72. The highest BCUT2D eigenvalue weighted by Crippen LogP contribution is 2.24. The fourth-order valence-corrected chi connectivity index (χ4v) is 3.03. The van der Waals surface area contributed by atoms with Crippen molar-refractivity contribution in [1.82, 2.24) is 0 Å². The van der Waals surface area contributed by atoms with Gasteiger partial charge < -0.3 is 19.9 Å². The van der Waals surface area contributed by atoms with Crippen molar-refractivity contribution in [3.05, 3.63) is 24.3 Å². The number of anilines is 1. The second-order valence-electron chi connectivity index (χ2n) is 7.29. The van der Waals surface area contributed by atoms with Crippen LogP contribution in [0.25, 0.3) is 0 Å². The highest BCUT2D eigenvalue weighted by atomic mass is 16.5. The molecule has 0 saturated carbocycles. The molecule has 0 heterocycles. The Morgan fingerprint density at radius 1 is 0.833 bits per heavy atom. The van der Waals surface area contributed by atoms with Crippen LogP contribution >= 0.6 is 0 Å². The Morgan fingerprint density at radius 3 is 2.07 bits per heavy atom. The molecule has 0 spiro atoms. The number of methoxy groups -OCH3 is 1. The number of nitrogens with one attached hydrogen (secondary N) is 1. The van der Waals surface area contributed by atoms with Crippen molar-refractivity contribution in [2.24, 2.45) is 0 Å². The maximum atomic E-state index is 12.2. The number of benzene rings is 1. The molecule has 0 aliphatic rings. The first-order valence-electron chi connectivity index (χ1n) is 10.8. The Balaban J connectivity index is 2.11. The number of carbonyl (C=O) groups is 3. The minimum absolute atomic E-state index is 0.0422. The van der Waals surface area contributed by atoms with Crippen molar-refractivity contribution >= 4 is 23.5 Å². The van der Waals surface area contributed by atoms with Crippen molar-refractivity contribution in [2.45, 2.75) is 77.0 Å². The first kappa shape index (κ1) is 25.5. The predicted molar refractivity (Wildman–Crippen MR) is 116 cm³/mol. The molecule has 7 nitrogen and oxygen atoms in total. The van der Waals surface area contributed by atoms with E-state index in [0.29, 0.717) is 37.3 Å². The van der Waals surface area contributed by atoms with Crippen LogP contribution in [0.1, 0.15) is 77.0 Å². The zero-order valence-electron chi connectivity index (χ0n) is 18.0. The molecule has 0 aliphatic heterocycles. The van der Waals surface area contributed by atoms with E-state index in [2.05, 4.69) is 10.1 Å². The van der Waals surface area contributed by atoms with E-state index in [9.17, 15) is 14.4 Å². The van der Waals surface area contributed by atoms with Crippen LogP contribution in [-0.2, 0) is 19.1 Å². The molecule has 30 heavy (non-hydrogen) atoms. The van der Waals surface area contributed by atoms with Crippen molar-refractivity contribution in [1.29, 1.82) is 0 Å². The Hall–Kier alpha value is -2.57. The fourth-order valence-electron chi connectivity index (χ4n) is 3.03. The Bertz CT molecular complexity index is 646. The molecule has 2 N–H and O–H groups in total. The summed E-state index contributed by atoms with van der Waals surface area (Å²) in [5.74, 6) is -0.470. The summed E-state index contributed by atoms with van der Waals surface area (Å²) in [6, 6.07) is 7.19. The van der Waals surface area contributed by atoms with Crippen LogP contribution in [0.2, 0.25) is 0 Å². The van der Waals surface area contributed by atoms with Gasteiger partial charge in [0.2, 0.25) is 5.91 Å². The van der Waals surface area contributed by atoms with E-state index in [1.165, 1.54) is 7.11 Å². The average molecular weight is 422 g/mol. The number of aliphatic carboxylic acids is 1. The summed E-state index contributed by atoms with van der Waals surface area (Å²) in [6.07, 6.45) is 9.77. The van der Waals surface area contributed by atoms with Crippen molar-refractivity contribution < 1.29 is 29.0 Å². The molecule has 0 unspecified atom stereocenters. The van der Waals surface area contributed by atoms with Gasteiger partial charge in [0, 0.05) is 19.3 Å². The van der Waals surface area contributed by atoms with Gasteiger partial charge in [-0.15, -0.1) is 0 Å². The molecule has 0 radical (unpaired) electrons. The molecule has 168 valence electrons. The SMILES string of the molecule is COC(=O)CCCCCCCCCCC(=O)Nc1ccccc1OCCCC(=O)O. The van der Waals surface area contributed by atoms with Gasteiger partial charge in [0.25, 0.3) is 0 Å². The summed E-state index contributed by atoms with van der Waals surface area (Å²) in [6.45, 7) is 0.294. The fraction of sp³-hybridized carbons (Fsp3) is 0.609. The smallest absolute Gasteiger partial charge is 0.305 e. The molecule has 1 amide bonds. The summed E-state index contributed by atoms with van der Waals surface area (Å²) in [4.78, 5) is 33.7. The first-order valence-corrected chi connectivity index (χ1v) is 10.8. The lowest BCUT2D eigenvalue weighted by molar-refractivity contribution is -0.141. The number of hydrogen-bond donors (Lipinski definition) is 2. The van der Waals surface area contributed by atoms with Crippen molar-refractivity contribution in [3.63, 3.8) is 0 Å². The first-order chi connectivity index (χ1) is 14.5. The molecule has 1 aromatic rings. The van der Waals surface area contributed by atoms with Gasteiger partial charge in [0.1, 0.15) is 5.75 Å². The summed E-state index contributed by atoms with van der Waals surface area (Å²) in [7, 11) is 1.42. The number of amides is 1. The largest absolute Gasteiger partial charge is 0.491 e. The van der Waals surface area contributed by atoms with Crippen molar-refractivity contribution in [3.8, 4) is 5.75 Å². The van der Waals surface area contributed by atoms with Crippen LogP contribution in [0.4, 0.5) is 5.69 Å². The Labute approximate surface area is 179 Å². The van der Waals surface area contributed by atoms with E-state index < -0.39 is 5.97 Å². The lowest BCUT2D eigenvalue weighted by Crippen LogP contribution is -2.12. The molecule has 0 fully saturated rings. The number of hydrogen-bond acceptors (Lipinski definition) is 5. The van der Waals surface area contributed by atoms with Crippen LogP contribution in [0, 0.1) is 0 Å². The van der Waals surface area contributed by atoms with E-state index in [0.717, 1.165) is 51.4 Å². The van der Waals surface area contributed by atoms with Gasteiger partial charge in [-0.25, -0.2) is 0 Å². The normalized spacial score (nSPS) is 10.4. The second kappa shape index (κ2) is 16.3. The lowest BCUT2D eigenvalue weighted by Gasteiger charge is -2.12. The maximum Gasteiger partial charge on any atom is 0.305 e. The third kappa shape index (κ3) is 12.8. The third-order valence-electron chi connectivity index (χ3n) is 4.72. The van der Waals surface area contributed by atoms with E-state index in [1.54, 1.807) is 12.1 Å². The summed E-state index contributed by atoms with van der Waals surface area (Å²) in [5.41, 5.74) is 0.616. The Kier molecular flexibility index (Phi) is 13.8. The van der Waals surface area contributed by atoms with Gasteiger partial charge in [-0.3, -0.25) is 14.4 Å². The zero-order valence-corrected chi connectivity index (χ0v) is 18.0. The number of unbranched alkanes of at least 4 members (excludes halogenated alkanes) is 7. The molecule has 0 aromatic heterocycles. The summed E-state index contributed by atoms with van der Waals surface area (Å²) in [5, 5.41) is 11.5. The van der Waals surface area contributed by atoms with Gasteiger partial charge in [-0.2, -0.15) is 0 Å². The molecule has 0 atom stereocenters. The lowest BCUT2D eigenvalue weighted by atomic mass is 10.1. The minimum Gasteiger partial charge on any atom is -0.491 e. The number of para-hydroxylation sites is 2. The van der Waals surface area contributed by atoms with E-state index >= 15 is 0 Å². The molecular formula is C23H35NO6. The zero-order chi connectivity index (χ0) is 22.0. The van der Waals surface area contributed by atoms with Gasteiger partial charge in [0.05, 0.1) is 19.4 Å². The van der Waals surface area contributed by atoms with E-state index in [4.69, 9.17) is 9.84 Å². The van der Waals surface area contributed by atoms with Crippen LogP contribution in [-0.4, -0.2) is 36.7 Å².